The minimum absolute atomic E-state index is 0.190. The van der Waals surface area contributed by atoms with Gasteiger partial charge in [-0.05, 0) is 18.1 Å². The lowest BCUT2D eigenvalue weighted by Crippen LogP contribution is -2.44. The molecular formula is C31H28N6O2. The minimum Gasteiger partial charge on any atom is -0.450 e. The standard InChI is InChI=1S/C31H28N6O2/c1-2-39-31(38)34-25-20-24-28(35-27(23-16-10-5-11-17-23)30-32-18-19-37(24)30)29(33-25)36-26(21-12-6-3-7-13-21)22-14-8-4-9-15-22/h3-20,26,30,32H,2H2,1H3,(H2,33,34,36,38). The molecule has 2 aliphatic heterocycles. The molecule has 3 heterocycles. The molecule has 2 aliphatic rings. The van der Waals surface area contributed by atoms with Gasteiger partial charge in [0, 0.05) is 24.0 Å². The average molecular weight is 517 g/mol. The fourth-order valence-electron chi connectivity index (χ4n) is 4.88. The number of aromatic nitrogens is 1. The van der Waals surface area contributed by atoms with Crippen LogP contribution in [0.5, 0.6) is 0 Å². The van der Waals surface area contributed by atoms with Crippen molar-refractivity contribution in [1.29, 1.82) is 0 Å². The van der Waals surface area contributed by atoms with Crippen LogP contribution in [0, 0.1) is 0 Å². The zero-order valence-corrected chi connectivity index (χ0v) is 21.4. The third-order valence-corrected chi connectivity index (χ3v) is 6.63. The first kappa shape index (κ1) is 24.2. The van der Waals surface area contributed by atoms with E-state index in [1.807, 2.05) is 73.1 Å². The molecule has 8 nitrogen and oxygen atoms in total. The lowest BCUT2D eigenvalue weighted by molar-refractivity contribution is 0.168. The Bertz CT molecular complexity index is 1480. The fraction of sp³-hybridized carbons (Fsp3) is 0.129. The number of fused-ring (bicyclic) bond motifs is 3. The quantitative estimate of drug-likeness (QED) is 0.271. The number of nitrogens with one attached hydrogen (secondary N) is 3. The van der Waals surface area contributed by atoms with E-state index in [4.69, 9.17) is 14.7 Å². The van der Waals surface area contributed by atoms with Crippen molar-refractivity contribution in [3.8, 4) is 0 Å². The zero-order chi connectivity index (χ0) is 26.6. The summed E-state index contributed by atoms with van der Waals surface area (Å²) in [4.78, 5) is 24.5. The number of rotatable bonds is 7. The average Bonchev–Trinajstić information content (AvgIpc) is 3.48. The molecule has 4 aromatic rings. The molecule has 0 bridgehead atoms. The van der Waals surface area contributed by atoms with E-state index >= 15 is 0 Å². The van der Waals surface area contributed by atoms with Crippen molar-refractivity contribution in [2.75, 3.05) is 22.1 Å². The first-order valence-corrected chi connectivity index (χ1v) is 12.9. The molecule has 0 aliphatic carbocycles. The first-order chi connectivity index (χ1) is 19.2. The van der Waals surface area contributed by atoms with Crippen LogP contribution < -0.4 is 20.9 Å². The summed E-state index contributed by atoms with van der Waals surface area (Å²) in [5.74, 6) is 0.913. The number of aliphatic imine (C=N–C) groups is 1. The van der Waals surface area contributed by atoms with Gasteiger partial charge in [-0.2, -0.15) is 0 Å². The monoisotopic (exact) mass is 516 g/mol. The van der Waals surface area contributed by atoms with E-state index in [0.717, 1.165) is 28.1 Å². The molecule has 3 N–H and O–H groups in total. The third kappa shape index (κ3) is 4.92. The zero-order valence-electron chi connectivity index (χ0n) is 21.4. The molecule has 0 saturated carbocycles. The van der Waals surface area contributed by atoms with Crippen LogP contribution in [0.4, 0.5) is 27.8 Å². The lowest BCUT2D eigenvalue weighted by Gasteiger charge is -2.33. The van der Waals surface area contributed by atoms with Gasteiger partial charge in [0.1, 0.15) is 17.7 Å². The van der Waals surface area contributed by atoms with Gasteiger partial charge in [-0.3, -0.25) is 5.32 Å². The van der Waals surface area contributed by atoms with Crippen LogP contribution in [0.3, 0.4) is 0 Å². The largest absolute Gasteiger partial charge is 0.450 e. The van der Waals surface area contributed by atoms with Gasteiger partial charge in [0.15, 0.2) is 5.82 Å². The molecule has 6 rings (SSSR count). The van der Waals surface area contributed by atoms with Gasteiger partial charge < -0.3 is 20.3 Å². The van der Waals surface area contributed by atoms with Gasteiger partial charge in [-0.15, -0.1) is 0 Å². The van der Waals surface area contributed by atoms with Gasteiger partial charge in [0.05, 0.1) is 24.0 Å². The molecule has 1 unspecified atom stereocenters. The van der Waals surface area contributed by atoms with E-state index in [1.165, 1.54) is 0 Å². The maximum Gasteiger partial charge on any atom is 0.412 e. The Morgan fingerprint density at radius 2 is 1.62 bits per heavy atom. The van der Waals surface area contributed by atoms with E-state index in [2.05, 4.69) is 57.2 Å². The SMILES string of the molecule is CCOC(=O)Nc1cc2c(c(NC(c3ccccc3)c3ccccc3)n1)N=C(c1ccccc1)C1NC=CN21. The number of carbonyl (C=O) groups excluding carboxylic acids is 1. The van der Waals surface area contributed by atoms with Crippen LogP contribution in [-0.4, -0.2) is 29.6 Å². The second-order valence-corrected chi connectivity index (χ2v) is 9.12. The van der Waals surface area contributed by atoms with Crippen molar-refractivity contribution in [1.82, 2.24) is 10.3 Å². The van der Waals surface area contributed by atoms with E-state index in [9.17, 15) is 4.79 Å². The smallest absolute Gasteiger partial charge is 0.412 e. The summed E-state index contributed by atoms with van der Waals surface area (Å²) < 4.78 is 5.13. The molecule has 194 valence electrons. The highest BCUT2D eigenvalue weighted by atomic mass is 16.5. The van der Waals surface area contributed by atoms with Crippen molar-refractivity contribution in [3.05, 3.63) is 126 Å². The molecule has 3 aromatic carbocycles. The van der Waals surface area contributed by atoms with Gasteiger partial charge in [-0.1, -0.05) is 91.0 Å². The van der Waals surface area contributed by atoms with E-state index in [0.29, 0.717) is 17.3 Å². The summed E-state index contributed by atoms with van der Waals surface area (Å²) in [7, 11) is 0. The maximum atomic E-state index is 12.4. The van der Waals surface area contributed by atoms with Gasteiger partial charge in [0.25, 0.3) is 0 Å². The molecule has 8 heteroatoms. The Morgan fingerprint density at radius 1 is 0.974 bits per heavy atom. The Labute approximate surface area is 227 Å². The summed E-state index contributed by atoms with van der Waals surface area (Å²) in [6.07, 6.45) is 3.13. The minimum atomic E-state index is -0.561. The molecule has 0 radical (unpaired) electrons. The number of ether oxygens (including phenoxy) is 1. The van der Waals surface area contributed by atoms with Crippen LogP contribution in [-0.2, 0) is 4.74 Å². The number of hydrogen-bond acceptors (Lipinski definition) is 7. The summed E-state index contributed by atoms with van der Waals surface area (Å²) in [5, 5.41) is 9.84. The van der Waals surface area contributed by atoms with Gasteiger partial charge >= 0.3 is 6.09 Å². The fourth-order valence-corrected chi connectivity index (χ4v) is 4.88. The second-order valence-electron chi connectivity index (χ2n) is 9.12. The predicted octanol–water partition coefficient (Wildman–Crippen LogP) is 6.19. The van der Waals surface area contributed by atoms with Crippen molar-refractivity contribution in [2.45, 2.75) is 19.1 Å². The molecule has 1 aromatic heterocycles. The summed E-state index contributed by atoms with van der Waals surface area (Å²) in [6, 6.07) is 32.1. The first-order valence-electron chi connectivity index (χ1n) is 12.9. The van der Waals surface area contributed by atoms with Crippen LogP contribution >= 0.6 is 0 Å². The number of carbonyl (C=O) groups is 1. The second kappa shape index (κ2) is 10.7. The predicted molar refractivity (Wildman–Crippen MR) is 154 cm³/mol. The molecule has 0 fully saturated rings. The van der Waals surface area contributed by atoms with Crippen molar-refractivity contribution in [2.24, 2.45) is 4.99 Å². The summed E-state index contributed by atoms with van der Waals surface area (Å²) >= 11 is 0. The molecule has 1 amide bonds. The highest BCUT2D eigenvalue weighted by Gasteiger charge is 2.34. The number of benzene rings is 3. The Kier molecular flexibility index (Phi) is 6.66. The van der Waals surface area contributed by atoms with Gasteiger partial charge in [-0.25, -0.2) is 14.8 Å². The normalized spacial score (nSPS) is 15.2. The Morgan fingerprint density at radius 3 is 2.26 bits per heavy atom. The van der Waals surface area contributed by atoms with Crippen LogP contribution in [0.2, 0.25) is 0 Å². The Hall–Kier alpha value is -5.11. The van der Waals surface area contributed by atoms with Crippen molar-refractivity contribution < 1.29 is 9.53 Å². The maximum absolute atomic E-state index is 12.4. The van der Waals surface area contributed by atoms with Crippen molar-refractivity contribution in [3.63, 3.8) is 0 Å². The molecule has 39 heavy (non-hydrogen) atoms. The highest BCUT2D eigenvalue weighted by molar-refractivity contribution is 6.11. The molecule has 0 spiro atoms. The van der Waals surface area contributed by atoms with Crippen molar-refractivity contribution >= 4 is 34.8 Å². The summed E-state index contributed by atoms with van der Waals surface area (Å²) in [6.45, 7) is 2.03. The highest BCUT2D eigenvalue weighted by Crippen LogP contribution is 2.44. The van der Waals surface area contributed by atoms with Gasteiger partial charge in [0.2, 0.25) is 0 Å². The third-order valence-electron chi connectivity index (χ3n) is 6.63. The number of amides is 1. The van der Waals surface area contributed by atoms with E-state index in [1.54, 1.807) is 6.92 Å². The topological polar surface area (TPSA) is 90.9 Å². The van der Waals surface area contributed by atoms with Crippen LogP contribution in [0.25, 0.3) is 0 Å². The van der Waals surface area contributed by atoms with Crippen LogP contribution in [0.15, 0.2) is 114 Å². The summed E-state index contributed by atoms with van der Waals surface area (Å²) in [5.41, 5.74) is 5.53. The molecule has 1 atom stereocenters. The van der Waals surface area contributed by atoms with Crippen LogP contribution in [0.1, 0.15) is 29.7 Å². The molecular weight excluding hydrogens is 488 g/mol. The Balaban J connectivity index is 1.51. The number of pyridine rings is 1. The molecule has 0 saturated heterocycles. The van der Waals surface area contributed by atoms with E-state index in [-0.39, 0.29) is 18.8 Å². The number of anilines is 3. The number of hydrogen-bond donors (Lipinski definition) is 3. The number of nitrogens with zero attached hydrogens (tertiary/aromatic N) is 3. The van der Waals surface area contributed by atoms with E-state index < -0.39 is 6.09 Å². The lowest BCUT2D eigenvalue weighted by atomic mass is 9.98.